The van der Waals surface area contributed by atoms with Crippen LogP contribution in [-0.2, 0) is 6.54 Å². The number of halogens is 2. The van der Waals surface area contributed by atoms with Gasteiger partial charge in [-0.3, -0.25) is 20.0 Å². The zero-order valence-corrected chi connectivity index (χ0v) is 13.6. The van der Waals surface area contributed by atoms with Gasteiger partial charge in [-0.05, 0) is 18.2 Å². The Kier molecular flexibility index (Phi) is 4.92. The summed E-state index contributed by atoms with van der Waals surface area (Å²) in [7, 11) is 0. The van der Waals surface area contributed by atoms with E-state index in [2.05, 4.69) is 9.88 Å². The van der Waals surface area contributed by atoms with Crippen LogP contribution in [0.1, 0.15) is 5.69 Å². The first-order chi connectivity index (χ1) is 11.5. The Labute approximate surface area is 143 Å². The fourth-order valence-electron chi connectivity index (χ4n) is 2.74. The van der Waals surface area contributed by atoms with E-state index in [0.29, 0.717) is 30.3 Å². The molecule has 0 aliphatic carbocycles. The number of piperazine rings is 1. The van der Waals surface area contributed by atoms with Crippen molar-refractivity contribution in [3.05, 3.63) is 63.2 Å². The fourth-order valence-corrected chi connectivity index (χ4v) is 2.85. The summed E-state index contributed by atoms with van der Waals surface area (Å²) in [6.45, 7) is 3.56. The predicted molar refractivity (Wildman–Crippen MR) is 89.8 cm³/mol. The lowest BCUT2D eigenvalue weighted by Crippen LogP contribution is -2.46. The van der Waals surface area contributed by atoms with E-state index in [4.69, 9.17) is 11.6 Å². The molecule has 24 heavy (non-hydrogen) atoms. The van der Waals surface area contributed by atoms with Gasteiger partial charge < -0.3 is 4.90 Å². The number of nitro groups is 1. The molecule has 2 aromatic rings. The monoisotopic (exact) mass is 350 g/mol. The van der Waals surface area contributed by atoms with E-state index in [1.54, 1.807) is 6.20 Å². The van der Waals surface area contributed by atoms with E-state index in [1.165, 1.54) is 12.1 Å². The van der Waals surface area contributed by atoms with Crippen molar-refractivity contribution in [1.82, 2.24) is 9.88 Å². The highest BCUT2D eigenvalue weighted by Gasteiger charge is 2.21. The number of hydrogen-bond donors (Lipinski definition) is 0. The lowest BCUT2D eigenvalue weighted by molar-refractivity contribution is -0.385. The Balaban J connectivity index is 1.60. The Hall–Kier alpha value is -2.25. The van der Waals surface area contributed by atoms with E-state index in [9.17, 15) is 14.5 Å². The van der Waals surface area contributed by atoms with Gasteiger partial charge in [0.1, 0.15) is 0 Å². The average molecular weight is 351 g/mol. The number of non-ortho nitro benzene ring substituents is 1. The molecule has 0 bridgehead atoms. The maximum absolute atomic E-state index is 14.1. The standard InChI is InChI=1S/C16H16ClFN4O2/c17-12-1-2-13(19-10-12)11-20-5-7-21(8-6-20)16-4-3-14(22(23)24)9-15(16)18/h1-4,9-10H,5-8,11H2. The third kappa shape index (κ3) is 3.80. The second kappa shape index (κ2) is 7.11. The summed E-state index contributed by atoms with van der Waals surface area (Å²) >= 11 is 5.83. The molecule has 6 nitrogen and oxygen atoms in total. The smallest absolute Gasteiger partial charge is 0.272 e. The molecule has 3 rings (SSSR count). The Morgan fingerprint density at radius 2 is 1.96 bits per heavy atom. The van der Waals surface area contributed by atoms with Crippen LogP contribution in [0.3, 0.4) is 0 Å². The minimum absolute atomic E-state index is 0.233. The van der Waals surface area contributed by atoms with E-state index < -0.39 is 10.7 Å². The van der Waals surface area contributed by atoms with Crippen LogP contribution in [0, 0.1) is 15.9 Å². The molecule has 0 saturated carbocycles. The molecule has 1 aromatic heterocycles. The molecule has 1 saturated heterocycles. The van der Waals surface area contributed by atoms with Crippen molar-refractivity contribution in [2.24, 2.45) is 0 Å². The highest BCUT2D eigenvalue weighted by atomic mass is 35.5. The molecule has 0 radical (unpaired) electrons. The van der Waals surface area contributed by atoms with Gasteiger partial charge in [-0.25, -0.2) is 4.39 Å². The minimum atomic E-state index is -0.593. The quantitative estimate of drug-likeness (QED) is 0.626. The van der Waals surface area contributed by atoms with Gasteiger partial charge in [0.15, 0.2) is 5.82 Å². The molecule has 2 heterocycles. The minimum Gasteiger partial charge on any atom is -0.367 e. The van der Waals surface area contributed by atoms with Crippen LogP contribution in [-0.4, -0.2) is 41.0 Å². The maximum atomic E-state index is 14.1. The second-order valence-electron chi connectivity index (χ2n) is 5.62. The molecule has 1 fully saturated rings. The molecule has 0 spiro atoms. The third-order valence-electron chi connectivity index (χ3n) is 4.03. The van der Waals surface area contributed by atoms with Gasteiger partial charge in [0.05, 0.1) is 27.4 Å². The van der Waals surface area contributed by atoms with Crippen LogP contribution in [0.4, 0.5) is 15.8 Å². The average Bonchev–Trinajstić information content (AvgIpc) is 2.58. The SMILES string of the molecule is O=[N+]([O-])c1ccc(N2CCN(Cc3ccc(Cl)cn3)CC2)c(F)c1. The molecule has 1 aliphatic heterocycles. The number of benzene rings is 1. The maximum Gasteiger partial charge on any atom is 0.272 e. The molecule has 126 valence electrons. The Morgan fingerprint density at radius 3 is 2.54 bits per heavy atom. The fraction of sp³-hybridized carbons (Fsp3) is 0.312. The van der Waals surface area contributed by atoms with E-state index in [1.807, 2.05) is 17.0 Å². The summed E-state index contributed by atoms with van der Waals surface area (Å²) in [6.07, 6.45) is 1.62. The number of nitrogens with zero attached hydrogens (tertiary/aromatic N) is 4. The van der Waals surface area contributed by atoms with Crippen LogP contribution < -0.4 is 4.90 Å². The second-order valence-corrected chi connectivity index (χ2v) is 6.06. The van der Waals surface area contributed by atoms with Crippen molar-refractivity contribution >= 4 is 23.0 Å². The van der Waals surface area contributed by atoms with Crippen molar-refractivity contribution in [3.8, 4) is 0 Å². The Bertz CT molecular complexity index is 733. The number of rotatable bonds is 4. The first-order valence-electron chi connectivity index (χ1n) is 7.54. The highest BCUT2D eigenvalue weighted by Crippen LogP contribution is 2.25. The molecule has 0 amide bonds. The number of hydrogen-bond acceptors (Lipinski definition) is 5. The van der Waals surface area contributed by atoms with Crippen LogP contribution in [0.25, 0.3) is 0 Å². The predicted octanol–water partition coefficient (Wildman–Crippen LogP) is 3.10. The van der Waals surface area contributed by atoms with Crippen LogP contribution in [0.15, 0.2) is 36.5 Å². The summed E-state index contributed by atoms with van der Waals surface area (Å²) in [6, 6.07) is 7.49. The topological polar surface area (TPSA) is 62.5 Å². The van der Waals surface area contributed by atoms with E-state index in [0.717, 1.165) is 24.8 Å². The molecule has 0 N–H and O–H groups in total. The summed E-state index contributed by atoms with van der Waals surface area (Å²) in [5, 5.41) is 11.3. The van der Waals surface area contributed by atoms with Gasteiger partial charge in [-0.1, -0.05) is 11.6 Å². The van der Waals surface area contributed by atoms with Gasteiger partial charge in [0.2, 0.25) is 0 Å². The molecule has 8 heteroatoms. The van der Waals surface area contributed by atoms with Gasteiger partial charge in [-0.15, -0.1) is 0 Å². The van der Waals surface area contributed by atoms with Crippen molar-refractivity contribution < 1.29 is 9.31 Å². The van der Waals surface area contributed by atoms with Crippen LogP contribution in [0.2, 0.25) is 5.02 Å². The normalized spacial score (nSPS) is 15.5. The summed E-state index contributed by atoms with van der Waals surface area (Å²) < 4.78 is 14.1. The van der Waals surface area contributed by atoms with Gasteiger partial charge in [0.25, 0.3) is 5.69 Å². The van der Waals surface area contributed by atoms with Crippen molar-refractivity contribution in [3.63, 3.8) is 0 Å². The van der Waals surface area contributed by atoms with Crippen LogP contribution >= 0.6 is 11.6 Å². The molecule has 0 unspecified atom stereocenters. The first-order valence-corrected chi connectivity index (χ1v) is 7.92. The molecular weight excluding hydrogens is 335 g/mol. The molecule has 0 atom stereocenters. The summed E-state index contributed by atoms with van der Waals surface area (Å²) in [5.74, 6) is -0.558. The lowest BCUT2D eigenvalue weighted by Gasteiger charge is -2.36. The van der Waals surface area contributed by atoms with Crippen molar-refractivity contribution in [2.45, 2.75) is 6.54 Å². The van der Waals surface area contributed by atoms with Gasteiger partial charge >= 0.3 is 0 Å². The van der Waals surface area contributed by atoms with Crippen molar-refractivity contribution in [2.75, 3.05) is 31.1 Å². The van der Waals surface area contributed by atoms with E-state index in [-0.39, 0.29) is 5.69 Å². The molecule has 1 aliphatic rings. The first kappa shape index (κ1) is 16.6. The van der Waals surface area contributed by atoms with Gasteiger partial charge in [0, 0.05) is 45.0 Å². The van der Waals surface area contributed by atoms with Gasteiger partial charge in [-0.2, -0.15) is 0 Å². The number of nitro benzene ring substituents is 1. The summed E-state index contributed by atoms with van der Waals surface area (Å²) in [5.41, 5.74) is 1.11. The molecular formula is C16H16ClFN4O2. The number of anilines is 1. The highest BCUT2D eigenvalue weighted by molar-refractivity contribution is 6.30. The Morgan fingerprint density at radius 1 is 1.21 bits per heavy atom. The largest absolute Gasteiger partial charge is 0.367 e. The summed E-state index contributed by atoms with van der Waals surface area (Å²) in [4.78, 5) is 18.5. The zero-order chi connectivity index (χ0) is 17.1. The number of aromatic nitrogens is 1. The number of pyridine rings is 1. The molecule has 1 aromatic carbocycles. The van der Waals surface area contributed by atoms with Crippen LogP contribution in [0.5, 0.6) is 0 Å². The van der Waals surface area contributed by atoms with Crippen molar-refractivity contribution in [1.29, 1.82) is 0 Å². The zero-order valence-electron chi connectivity index (χ0n) is 12.9. The van der Waals surface area contributed by atoms with E-state index >= 15 is 0 Å². The lowest BCUT2D eigenvalue weighted by atomic mass is 10.2. The third-order valence-corrected chi connectivity index (χ3v) is 4.25.